The van der Waals surface area contributed by atoms with Crippen LogP contribution in [0.2, 0.25) is 0 Å². The van der Waals surface area contributed by atoms with Gasteiger partial charge in [-0.15, -0.1) is 0 Å². The molecule has 0 saturated carbocycles. The predicted octanol–water partition coefficient (Wildman–Crippen LogP) is 1.35. The molecule has 15 heavy (non-hydrogen) atoms. The van der Waals surface area contributed by atoms with Gasteiger partial charge in [-0.05, 0) is 36.1 Å². The number of ether oxygens (including phenoxy) is 1. The lowest BCUT2D eigenvalue weighted by Gasteiger charge is -2.08. The van der Waals surface area contributed by atoms with E-state index in [0.29, 0.717) is 5.75 Å². The zero-order chi connectivity index (χ0) is 10.8. The number of nitrogens with one attached hydrogen (secondary N) is 1. The highest BCUT2D eigenvalue weighted by Crippen LogP contribution is 2.31. The van der Waals surface area contributed by atoms with Gasteiger partial charge >= 0.3 is 6.09 Å². The molecule has 1 aromatic carbocycles. The summed E-state index contributed by atoms with van der Waals surface area (Å²) >= 11 is 0. The summed E-state index contributed by atoms with van der Waals surface area (Å²) in [7, 11) is 1.53. The van der Waals surface area contributed by atoms with Gasteiger partial charge in [0.25, 0.3) is 0 Å². The van der Waals surface area contributed by atoms with Crippen LogP contribution < -0.4 is 15.8 Å². The summed E-state index contributed by atoms with van der Waals surface area (Å²) in [6, 6.07) is 5.70. The first-order valence-electron chi connectivity index (χ1n) is 4.98. The lowest BCUT2D eigenvalue weighted by Crippen LogP contribution is -2.22. The maximum Gasteiger partial charge on any atom is 0.412 e. The summed E-state index contributed by atoms with van der Waals surface area (Å²) < 4.78 is 5.03. The van der Waals surface area contributed by atoms with Crippen molar-refractivity contribution in [2.45, 2.75) is 18.9 Å². The van der Waals surface area contributed by atoms with Gasteiger partial charge < -0.3 is 15.8 Å². The van der Waals surface area contributed by atoms with E-state index in [1.54, 1.807) is 6.07 Å². The molecular weight excluding hydrogens is 192 g/mol. The van der Waals surface area contributed by atoms with Crippen molar-refractivity contribution in [3.05, 3.63) is 29.3 Å². The molecule has 1 amide bonds. The Kier molecular flexibility index (Phi) is 2.60. The first kappa shape index (κ1) is 9.98. The number of hydrogen-bond acceptors (Lipinski definition) is 3. The smallest absolute Gasteiger partial charge is 0.410 e. The molecule has 0 heterocycles. The minimum atomic E-state index is -0.457. The Morgan fingerprint density at radius 1 is 1.60 bits per heavy atom. The third-order valence-corrected chi connectivity index (χ3v) is 2.66. The third kappa shape index (κ3) is 1.94. The molecule has 1 aromatic rings. The van der Waals surface area contributed by atoms with E-state index in [4.69, 9.17) is 10.5 Å². The number of rotatable bonds is 1. The first-order valence-corrected chi connectivity index (χ1v) is 4.98. The largest absolute Gasteiger partial charge is 0.412 e. The quantitative estimate of drug-likeness (QED) is 0.729. The summed E-state index contributed by atoms with van der Waals surface area (Å²) in [6.45, 7) is 0. The second-order valence-electron chi connectivity index (χ2n) is 3.65. The lowest BCUT2D eigenvalue weighted by molar-refractivity contribution is 0.203. The van der Waals surface area contributed by atoms with Gasteiger partial charge in [0.15, 0.2) is 0 Å². The van der Waals surface area contributed by atoms with E-state index >= 15 is 0 Å². The van der Waals surface area contributed by atoms with E-state index in [1.807, 2.05) is 12.1 Å². The van der Waals surface area contributed by atoms with Gasteiger partial charge in [-0.2, -0.15) is 0 Å². The highest BCUT2D eigenvalue weighted by molar-refractivity contribution is 5.70. The van der Waals surface area contributed by atoms with Gasteiger partial charge in [0.2, 0.25) is 0 Å². The Balaban J connectivity index is 2.21. The molecule has 0 saturated heterocycles. The summed E-state index contributed by atoms with van der Waals surface area (Å²) in [5.74, 6) is 0.547. The fourth-order valence-electron chi connectivity index (χ4n) is 1.83. The SMILES string of the molecule is CNC(=O)Oc1ccc2c(c1)[C@@H](N)CC2. The molecule has 2 rings (SSSR count). The van der Waals surface area contributed by atoms with Crippen molar-refractivity contribution in [1.82, 2.24) is 5.32 Å². The fraction of sp³-hybridized carbons (Fsp3) is 0.364. The van der Waals surface area contributed by atoms with Gasteiger partial charge in [0.1, 0.15) is 5.75 Å². The maximum absolute atomic E-state index is 11.0. The van der Waals surface area contributed by atoms with E-state index < -0.39 is 6.09 Å². The van der Waals surface area contributed by atoms with Crippen LogP contribution in [0, 0.1) is 0 Å². The lowest BCUT2D eigenvalue weighted by atomic mass is 10.1. The summed E-state index contributed by atoms with van der Waals surface area (Å²) in [5.41, 5.74) is 8.27. The highest BCUT2D eigenvalue weighted by Gasteiger charge is 2.19. The van der Waals surface area contributed by atoms with Crippen molar-refractivity contribution in [1.29, 1.82) is 0 Å². The van der Waals surface area contributed by atoms with Crippen LogP contribution in [0.25, 0.3) is 0 Å². The number of carbonyl (C=O) groups excluding carboxylic acids is 1. The Morgan fingerprint density at radius 2 is 2.40 bits per heavy atom. The summed E-state index contributed by atoms with van der Waals surface area (Å²) in [6.07, 6.45) is 1.52. The molecule has 0 aliphatic heterocycles. The molecule has 80 valence electrons. The second kappa shape index (κ2) is 3.90. The molecule has 3 N–H and O–H groups in total. The Bertz CT molecular complexity index is 390. The molecule has 1 aliphatic carbocycles. The van der Waals surface area contributed by atoms with Crippen molar-refractivity contribution in [2.75, 3.05) is 7.05 Å². The average Bonchev–Trinajstić information content (AvgIpc) is 2.60. The molecule has 4 nitrogen and oxygen atoms in total. The molecule has 0 radical (unpaired) electrons. The molecule has 4 heteroatoms. The fourth-order valence-corrected chi connectivity index (χ4v) is 1.83. The van der Waals surface area contributed by atoms with Gasteiger partial charge in [0, 0.05) is 13.1 Å². The molecule has 0 aromatic heterocycles. The number of carbonyl (C=O) groups is 1. The Hall–Kier alpha value is -1.55. The van der Waals surface area contributed by atoms with E-state index in [9.17, 15) is 4.79 Å². The van der Waals surface area contributed by atoms with Crippen molar-refractivity contribution < 1.29 is 9.53 Å². The number of hydrogen-bond donors (Lipinski definition) is 2. The molecule has 0 spiro atoms. The number of amides is 1. The van der Waals surface area contributed by atoms with Gasteiger partial charge in [-0.3, -0.25) is 0 Å². The maximum atomic E-state index is 11.0. The van der Waals surface area contributed by atoms with Crippen molar-refractivity contribution in [3.63, 3.8) is 0 Å². The Morgan fingerprint density at radius 3 is 3.13 bits per heavy atom. The van der Waals surface area contributed by atoms with E-state index in [1.165, 1.54) is 12.6 Å². The normalized spacial score (nSPS) is 18.4. The van der Waals surface area contributed by atoms with Crippen LogP contribution >= 0.6 is 0 Å². The van der Waals surface area contributed by atoms with Crippen LogP contribution in [-0.2, 0) is 6.42 Å². The van der Waals surface area contributed by atoms with E-state index in [2.05, 4.69) is 5.32 Å². The summed E-state index contributed by atoms with van der Waals surface area (Å²) in [5, 5.41) is 2.40. The second-order valence-corrected chi connectivity index (χ2v) is 3.65. The first-order chi connectivity index (χ1) is 7.20. The van der Waals surface area contributed by atoms with Crippen LogP contribution in [0.1, 0.15) is 23.6 Å². The monoisotopic (exact) mass is 206 g/mol. The summed E-state index contributed by atoms with van der Waals surface area (Å²) in [4.78, 5) is 11.0. The number of benzene rings is 1. The molecule has 0 bridgehead atoms. The van der Waals surface area contributed by atoms with Crippen LogP contribution in [0.3, 0.4) is 0 Å². The van der Waals surface area contributed by atoms with Crippen LogP contribution in [0.5, 0.6) is 5.75 Å². The minimum Gasteiger partial charge on any atom is -0.410 e. The zero-order valence-corrected chi connectivity index (χ0v) is 8.62. The molecule has 0 fully saturated rings. The van der Waals surface area contributed by atoms with Crippen LogP contribution in [0.15, 0.2) is 18.2 Å². The minimum absolute atomic E-state index is 0.0771. The third-order valence-electron chi connectivity index (χ3n) is 2.66. The topological polar surface area (TPSA) is 64.3 Å². The molecular formula is C11H14N2O2. The van der Waals surface area contributed by atoms with E-state index in [0.717, 1.165) is 18.4 Å². The zero-order valence-electron chi connectivity index (χ0n) is 8.62. The Labute approximate surface area is 88.4 Å². The predicted molar refractivity (Wildman–Crippen MR) is 56.8 cm³/mol. The number of fused-ring (bicyclic) bond motifs is 1. The van der Waals surface area contributed by atoms with Crippen molar-refractivity contribution >= 4 is 6.09 Å². The number of aryl methyl sites for hydroxylation is 1. The molecule has 0 unspecified atom stereocenters. The van der Waals surface area contributed by atoms with Crippen LogP contribution in [-0.4, -0.2) is 13.1 Å². The molecule has 1 atom stereocenters. The number of nitrogens with two attached hydrogens (primary N) is 1. The van der Waals surface area contributed by atoms with Gasteiger partial charge in [0.05, 0.1) is 0 Å². The van der Waals surface area contributed by atoms with Crippen molar-refractivity contribution in [3.8, 4) is 5.75 Å². The van der Waals surface area contributed by atoms with Crippen LogP contribution in [0.4, 0.5) is 4.79 Å². The standard InChI is InChI=1S/C11H14N2O2/c1-13-11(14)15-8-4-2-7-3-5-10(12)9(7)6-8/h2,4,6,10H,3,5,12H2,1H3,(H,13,14)/t10-/m0/s1. The van der Waals surface area contributed by atoms with Gasteiger partial charge in [-0.1, -0.05) is 6.07 Å². The molecule has 1 aliphatic rings. The van der Waals surface area contributed by atoms with E-state index in [-0.39, 0.29) is 6.04 Å². The van der Waals surface area contributed by atoms with Gasteiger partial charge in [-0.25, -0.2) is 4.79 Å². The van der Waals surface area contributed by atoms with Crippen molar-refractivity contribution in [2.24, 2.45) is 5.73 Å². The highest BCUT2D eigenvalue weighted by atomic mass is 16.5. The average molecular weight is 206 g/mol.